The van der Waals surface area contributed by atoms with Crippen molar-refractivity contribution in [3.8, 4) is 0 Å². The van der Waals surface area contributed by atoms with E-state index in [1.54, 1.807) is 36.6 Å². The molecule has 0 aliphatic carbocycles. The lowest BCUT2D eigenvalue weighted by Gasteiger charge is -1.94. The highest BCUT2D eigenvalue weighted by molar-refractivity contribution is 8.18. The van der Waals surface area contributed by atoms with Crippen molar-refractivity contribution in [1.82, 2.24) is 5.32 Å². The second kappa shape index (κ2) is 6.64. The fourth-order valence-electron chi connectivity index (χ4n) is 1.69. The molecule has 0 radical (unpaired) electrons. The molecule has 0 spiro atoms. The maximum atomic E-state index is 11.9. The summed E-state index contributed by atoms with van der Waals surface area (Å²) in [5, 5.41) is 11.6. The number of halogens is 1. The summed E-state index contributed by atoms with van der Waals surface area (Å²) in [5.74, 6) is 0.391. The van der Waals surface area contributed by atoms with Gasteiger partial charge in [0.2, 0.25) is 0 Å². The first kappa shape index (κ1) is 14.6. The van der Waals surface area contributed by atoms with Gasteiger partial charge in [-0.15, -0.1) is 5.10 Å². The zero-order valence-corrected chi connectivity index (χ0v) is 12.8. The van der Waals surface area contributed by atoms with Gasteiger partial charge in [-0.2, -0.15) is 5.10 Å². The average molecular weight is 332 g/mol. The fraction of sp³-hybridized carbons (Fsp3) is 0. The maximum absolute atomic E-state index is 11.9. The van der Waals surface area contributed by atoms with Gasteiger partial charge in [0.05, 0.1) is 17.4 Å². The van der Waals surface area contributed by atoms with E-state index >= 15 is 0 Å². The quantitative estimate of drug-likeness (QED) is 0.531. The van der Waals surface area contributed by atoms with Crippen LogP contribution in [0.25, 0.3) is 6.08 Å². The third-order valence-electron chi connectivity index (χ3n) is 2.70. The van der Waals surface area contributed by atoms with Crippen molar-refractivity contribution < 1.29 is 9.21 Å². The van der Waals surface area contributed by atoms with E-state index in [9.17, 15) is 4.79 Å². The van der Waals surface area contributed by atoms with Gasteiger partial charge >= 0.3 is 0 Å². The van der Waals surface area contributed by atoms with Crippen LogP contribution < -0.4 is 5.32 Å². The van der Waals surface area contributed by atoms with Crippen LogP contribution in [0.4, 0.5) is 0 Å². The molecule has 0 unspecified atom stereocenters. The second-order valence-corrected chi connectivity index (χ2v) is 5.75. The number of nitrogens with zero attached hydrogens (tertiary/aromatic N) is 2. The van der Waals surface area contributed by atoms with Gasteiger partial charge in [0.25, 0.3) is 5.91 Å². The van der Waals surface area contributed by atoms with E-state index in [-0.39, 0.29) is 5.91 Å². The van der Waals surface area contributed by atoms with Crippen LogP contribution >= 0.6 is 23.4 Å². The second-order valence-electron chi connectivity index (χ2n) is 4.28. The van der Waals surface area contributed by atoms with Gasteiger partial charge < -0.3 is 4.42 Å². The van der Waals surface area contributed by atoms with E-state index in [1.165, 1.54) is 18.0 Å². The highest BCUT2D eigenvalue weighted by Gasteiger charge is 2.23. The summed E-state index contributed by atoms with van der Waals surface area (Å²) in [7, 11) is 0. The van der Waals surface area contributed by atoms with Crippen molar-refractivity contribution in [1.29, 1.82) is 0 Å². The van der Waals surface area contributed by atoms with Gasteiger partial charge in [-0.25, -0.2) is 0 Å². The number of benzene rings is 1. The normalized spacial score (nSPS) is 18.5. The van der Waals surface area contributed by atoms with Gasteiger partial charge in [0, 0.05) is 5.02 Å². The molecule has 2 aromatic rings. The van der Waals surface area contributed by atoms with E-state index in [4.69, 9.17) is 16.0 Å². The van der Waals surface area contributed by atoms with E-state index < -0.39 is 0 Å². The molecule has 3 rings (SSSR count). The Labute approximate surface area is 135 Å². The molecular weight excluding hydrogens is 322 g/mol. The highest BCUT2D eigenvalue weighted by Crippen LogP contribution is 2.26. The lowest BCUT2D eigenvalue weighted by molar-refractivity contribution is -0.115. The van der Waals surface area contributed by atoms with Crippen molar-refractivity contribution in [2.24, 2.45) is 10.2 Å². The predicted octanol–water partition coefficient (Wildman–Crippen LogP) is 3.53. The number of carbonyl (C=O) groups excluding carboxylic acids is 1. The molecule has 0 atom stereocenters. The number of carbonyl (C=O) groups is 1. The van der Waals surface area contributed by atoms with Crippen LogP contribution in [-0.2, 0) is 4.79 Å². The van der Waals surface area contributed by atoms with Crippen LogP contribution in [0, 0.1) is 0 Å². The summed E-state index contributed by atoms with van der Waals surface area (Å²) >= 11 is 7.06. The molecule has 7 heteroatoms. The SMILES string of the molecule is O=C1N/C(=N/N=C/c2ccco2)S/C1=C\c1ccc(Cl)cc1. The van der Waals surface area contributed by atoms with E-state index in [0.717, 1.165) is 5.56 Å². The van der Waals surface area contributed by atoms with Crippen molar-refractivity contribution in [2.45, 2.75) is 0 Å². The minimum Gasteiger partial charge on any atom is -0.463 e. The van der Waals surface area contributed by atoms with Gasteiger partial charge in [-0.05, 0) is 47.7 Å². The molecule has 1 saturated heterocycles. The number of furan rings is 1. The van der Waals surface area contributed by atoms with Crippen molar-refractivity contribution in [3.63, 3.8) is 0 Å². The number of thioether (sulfide) groups is 1. The molecule has 1 amide bonds. The minimum absolute atomic E-state index is 0.202. The standard InChI is InChI=1S/C15H10ClN3O2S/c16-11-5-3-10(4-6-11)8-13-14(20)18-15(22-13)19-17-9-12-2-1-7-21-12/h1-9H,(H,18,19,20)/b13-8-,17-9+. The van der Waals surface area contributed by atoms with Crippen LogP contribution in [0.3, 0.4) is 0 Å². The first-order valence-corrected chi connectivity index (χ1v) is 7.51. The summed E-state index contributed by atoms with van der Waals surface area (Å²) in [6, 6.07) is 10.7. The number of nitrogens with one attached hydrogen (secondary N) is 1. The van der Waals surface area contributed by atoms with Crippen molar-refractivity contribution in [3.05, 3.63) is 63.9 Å². The van der Waals surface area contributed by atoms with Crippen LogP contribution in [0.15, 0.2) is 62.2 Å². The molecule has 22 heavy (non-hydrogen) atoms. The molecule has 110 valence electrons. The number of hydrogen-bond donors (Lipinski definition) is 1. The average Bonchev–Trinajstić information content (AvgIpc) is 3.12. The van der Waals surface area contributed by atoms with Gasteiger partial charge in [0.1, 0.15) is 5.76 Å². The summed E-state index contributed by atoms with van der Waals surface area (Å²) in [5.41, 5.74) is 0.891. The Hall–Kier alpha value is -2.31. The van der Waals surface area contributed by atoms with Crippen LogP contribution in [0.5, 0.6) is 0 Å². The van der Waals surface area contributed by atoms with Crippen LogP contribution in [0.2, 0.25) is 5.02 Å². The summed E-state index contributed by atoms with van der Waals surface area (Å²) in [6.45, 7) is 0. The molecule has 1 aliphatic heterocycles. The van der Waals surface area contributed by atoms with Crippen molar-refractivity contribution in [2.75, 3.05) is 0 Å². The predicted molar refractivity (Wildman–Crippen MR) is 88.9 cm³/mol. The fourth-order valence-corrected chi connectivity index (χ4v) is 2.59. The monoisotopic (exact) mass is 331 g/mol. The summed E-state index contributed by atoms with van der Waals surface area (Å²) in [6.07, 6.45) is 4.79. The first-order chi connectivity index (χ1) is 10.7. The molecule has 1 aliphatic rings. The third-order valence-corrected chi connectivity index (χ3v) is 3.85. The Morgan fingerprint density at radius 2 is 2.05 bits per heavy atom. The van der Waals surface area contributed by atoms with E-state index in [2.05, 4.69) is 15.5 Å². The molecule has 2 heterocycles. The molecule has 1 fully saturated rings. The summed E-state index contributed by atoms with van der Waals surface area (Å²) < 4.78 is 5.09. The van der Waals surface area contributed by atoms with Crippen LogP contribution in [-0.4, -0.2) is 17.3 Å². The van der Waals surface area contributed by atoms with Crippen LogP contribution in [0.1, 0.15) is 11.3 Å². The smallest absolute Gasteiger partial charge is 0.264 e. The number of amides is 1. The van der Waals surface area contributed by atoms with Gasteiger partial charge in [-0.1, -0.05) is 23.7 Å². The molecule has 1 aromatic heterocycles. The molecule has 1 aromatic carbocycles. The Morgan fingerprint density at radius 1 is 1.23 bits per heavy atom. The highest BCUT2D eigenvalue weighted by atomic mass is 35.5. The van der Waals surface area contributed by atoms with E-state index in [1.807, 2.05) is 12.1 Å². The molecule has 0 saturated carbocycles. The lowest BCUT2D eigenvalue weighted by atomic mass is 10.2. The summed E-state index contributed by atoms with van der Waals surface area (Å²) in [4.78, 5) is 12.4. The Balaban J connectivity index is 1.71. The largest absolute Gasteiger partial charge is 0.463 e. The Kier molecular flexibility index (Phi) is 4.41. The Bertz CT molecular complexity index is 765. The van der Waals surface area contributed by atoms with Gasteiger partial charge in [-0.3, -0.25) is 10.1 Å². The van der Waals surface area contributed by atoms with E-state index in [0.29, 0.717) is 20.9 Å². The molecular formula is C15H10ClN3O2S. The molecule has 0 bridgehead atoms. The van der Waals surface area contributed by atoms with Gasteiger partial charge in [0.15, 0.2) is 5.17 Å². The molecule has 5 nitrogen and oxygen atoms in total. The lowest BCUT2D eigenvalue weighted by Crippen LogP contribution is -2.19. The number of amidine groups is 1. The first-order valence-electron chi connectivity index (χ1n) is 6.32. The zero-order chi connectivity index (χ0) is 15.4. The maximum Gasteiger partial charge on any atom is 0.264 e. The Morgan fingerprint density at radius 3 is 2.77 bits per heavy atom. The molecule has 1 N–H and O–H groups in total. The van der Waals surface area contributed by atoms with Crippen molar-refractivity contribution >= 4 is 46.7 Å². The number of hydrogen-bond acceptors (Lipinski definition) is 5. The minimum atomic E-state index is -0.202. The topological polar surface area (TPSA) is 67.0 Å². The zero-order valence-electron chi connectivity index (χ0n) is 11.2. The number of rotatable bonds is 3. The third kappa shape index (κ3) is 3.66.